The average Bonchev–Trinajstić information content (AvgIpc) is 2.73. The number of aryl methyl sites for hydroxylation is 1. The van der Waals surface area contributed by atoms with Gasteiger partial charge in [0, 0.05) is 19.2 Å². The van der Waals surface area contributed by atoms with Gasteiger partial charge in [-0.05, 0) is 25.8 Å². The number of amides is 1. The molecule has 3 rings (SSSR count). The zero-order valence-corrected chi connectivity index (χ0v) is 14.2. The van der Waals surface area contributed by atoms with Gasteiger partial charge in [0.2, 0.25) is 0 Å². The normalized spacial score (nSPS) is 18.4. The fraction of sp³-hybridized carbons (Fsp3) is 0.444. The highest BCUT2D eigenvalue weighted by Gasteiger charge is 2.28. The Balaban J connectivity index is 1.86. The summed E-state index contributed by atoms with van der Waals surface area (Å²) in [6.45, 7) is 6.28. The second kappa shape index (κ2) is 7.05. The topological polar surface area (TPSA) is 73.4 Å². The molecule has 1 aromatic carbocycles. The number of nitrogens with two attached hydrogens (primary N) is 1. The second-order valence-electron chi connectivity index (χ2n) is 6.24. The van der Waals surface area contributed by atoms with Gasteiger partial charge in [0.1, 0.15) is 11.4 Å². The highest BCUT2D eigenvalue weighted by Crippen LogP contribution is 2.22. The predicted octanol–water partition coefficient (Wildman–Crippen LogP) is 2.07. The number of rotatable bonds is 3. The first-order valence-electron chi connectivity index (χ1n) is 8.33. The zero-order valence-electron chi connectivity index (χ0n) is 14.2. The Labute approximate surface area is 142 Å². The SMILES string of the molecule is Cc1nn(Cc2ccccc2)c(N)c1C(=O)N1CCOCCC1C. The maximum absolute atomic E-state index is 13.0. The molecule has 6 heteroatoms. The van der Waals surface area contributed by atoms with Crippen LogP contribution >= 0.6 is 0 Å². The van der Waals surface area contributed by atoms with Gasteiger partial charge in [-0.1, -0.05) is 30.3 Å². The van der Waals surface area contributed by atoms with Crippen LogP contribution in [0.5, 0.6) is 0 Å². The number of anilines is 1. The van der Waals surface area contributed by atoms with Crippen LogP contribution < -0.4 is 5.73 Å². The molecule has 128 valence electrons. The molecular formula is C18H24N4O2. The molecule has 1 atom stereocenters. The molecule has 0 spiro atoms. The van der Waals surface area contributed by atoms with Crippen LogP contribution in [0.4, 0.5) is 5.82 Å². The first kappa shape index (κ1) is 16.5. The summed E-state index contributed by atoms with van der Waals surface area (Å²) in [6, 6.07) is 10.1. The highest BCUT2D eigenvalue weighted by atomic mass is 16.5. The van der Waals surface area contributed by atoms with E-state index in [-0.39, 0.29) is 11.9 Å². The molecule has 2 N–H and O–H groups in total. The third-order valence-corrected chi connectivity index (χ3v) is 4.51. The fourth-order valence-corrected chi connectivity index (χ4v) is 3.08. The molecule has 1 unspecified atom stereocenters. The Bertz CT molecular complexity index is 711. The minimum atomic E-state index is -0.0534. The Morgan fingerprint density at radius 1 is 1.33 bits per heavy atom. The lowest BCUT2D eigenvalue weighted by molar-refractivity contribution is 0.0687. The highest BCUT2D eigenvalue weighted by molar-refractivity contribution is 5.99. The summed E-state index contributed by atoms with van der Waals surface area (Å²) in [5.74, 6) is 0.376. The maximum Gasteiger partial charge on any atom is 0.259 e. The standard InChI is InChI=1S/C18H24N4O2/c1-13-8-10-24-11-9-21(13)18(23)16-14(2)20-22(17(16)19)12-15-6-4-3-5-7-15/h3-7,13H,8-12,19H2,1-2H3. The number of carbonyl (C=O) groups is 1. The number of aromatic nitrogens is 2. The van der Waals surface area contributed by atoms with Crippen molar-refractivity contribution >= 4 is 11.7 Å². The molecule has 0 radical (unpaired) electrons. The molecule has 1 fully saturated rings. The van der Waals surface area contributed by atoms with Crippen molar-refractivity contribution in [3.8, 4) is 0 Å². The van der Waals surface area contributed by atoms with E-state index >= 15 is 0 Å². The molecule has 6 nitrogen and oxygen atoms in total. The lowest BCUT2D eigenvalue weighted by Crippen LogP contribution is -2.39. The minimum Gasteiger partial charge on any atom is -0.383 e. The van der Waals surface area contributed by atoms with E-state index in [2.05, 4.69) is 5.10 Å². The average molecular weight is 328 g/mol. The Hall–Kier alpha value is -2.34. The predicted molar refractivity (Wildman–Crippen MR) is 92.9 cm³/mol. The van der Waals surface area contributed by atoms with Gasteiger partial charge < -0.3 is 15.4 Å². The summed E-state index contributed by atoms with van der Waals surface area (Å²) in [4.78, 5) is 14.9. The summed E-state index contributed by atoms with van der Waals surface area (Å²) in [5.41, 5.74) is 8.55. The summed E-state index contributed by atoms with van der Waals surface area (Å²) in [7, 11) is 0. The number of benzene rings is 1. The van der Waals surface area contributed by atoms with Crippen molar-refractivity contribution in [2.75, 3.05) is 25.5 Å². The van der Waals surface area contributed by atoms with Crippen molar-refractivity contribution in [3.05, 3.63) is 47.2 Å². The van der Waals surface area contributed by atoms with E-state index in [9.17, 15) is 4.79 Å². The maximum atomic E-state index is 13.0. The van der Waals surface area contributed by atoms with E-state index in [1.165, 1.54) is 0 Å². The molecule has 0 aliphatic carbocycles. The molecule has 1 aliphatic heterocycles. The molecule has 1 aliphatic rings. The zero-order chi connectivity index (χ0) is 17.1. The van der Waals surface area contributed by atoms with Crippen molar-refractivity contribution < 1.29 is 9.53 Å². The van der Waals surface area contributed by atoms with Gasteiger partial charge in [-0.2, -0.15) is 5.10 Å². The quantitative estimate of drug-likeness (QED) is 0.936. The van der Waals surface area contributed by atoms with E-state index in [0.717, 1.165) is 12.0 Å². The van der Waals surface area contributed by atoms with Crippen molar-refractivity contribution in [2.45, 2.75) is 32.9 Å². The first-order valence-corrected chi connectivity index (χ1v) is 8.33. The van der Waals surface area contributed by atoms with Gasteiger partial charge in [-0.3, -0.25) is 4.79 Å². The second-order valence-corrected chi connectivity index (χ2v) is 6.24. The largest absolute Gasteiger partial charge is 0.383 e. The van der Waals surface area contributed by atoms with Crippen LogP contribution in [0.1, 0.15) is 35.0 Å². The van der Waals surface area contributed by atoms with E-state index < -0.39 is 0 Å². The van der Waals surface area contributed by atoms with Gasteiger partial charge in [0.25, 0.3) is 5.91 Å². The molecule has 0 bridgehead atoms. The summed E-state index contributed by atoms with van der Waals surface area (Å²) in [5, 5.41) is 4.48. The number of hydrogen-bond acceptors (Lipinski definition) is 4. The van der Waals surface area contributed by atoms with Crippen molar-refractivity contribution in [2.24, 2.45) is 0 Å². The Morgan fingerprint density at radius 2 is 2.08 bits per heavy atom. The lowest BCUT2D eigenvalue weighted by Gasteiger charge is -2.26. The van der Waals surface area contributed by atoms with Gasteiger partial charge in [0.05, 0.1) is 18.8 Å². The van der Waals surface area contributed by atoms with Gasteiger partial charge in [-0.15, -0.1) is 0 Å². The third kappa shape index (κ3) is 3.28. The van der Waals surface area contributed by atoms with Gasteiger partial charge in [-0.25, -0.2) is 4.68 Å². The number of nitrogens with zero attached hydrogens (tertiary/aromatic N) is 3. The molecule has 24 heavy (non-hydrogen) atoms. The summed E-state index contributed by atoms with van der Waals surface area (Å²) >= 11 is 0. The third-order valence-electron chi connectivity index (χ3n) is 4.51. The van der Waals surface area contributed by atoms with Crippen molar-refractivity contribution in [1.29, 1.82) is 0 Å². The van der Waals surface area contributed by atoms with Crippen LogP contribution in [0.2, 0.25) is 0 Å². The Kier molecular flexibility index (Phi) is 4.85. The lowest BCUT2D eigenvalue weighted by atomic mass is 10.1. The number of carbonyl (C=O) groups excluding carboxylic acids is 1. The summed E-state index contributed by atoms with van der Waals surface area (Å²) in [6.07, 6.45) is 0.836. The molecular weight excluding hydrogens is 304 g/mol. The van der Waals surface area contributed by atoms with Crippen LogP contribution in [0.3, 0.4) is 0 Å². The smallest absolute Gasteiger partial charge is 0.259 e. The monoisotopic (exact) mass is 328 g/mol. The number of hydrogen-bond donors (Lipinski definition) is 1. The van der Waals surface area contributed by atoms with Crippen molar-refractivity contribution in [1.82, 2.24) is 14.7 Å². The van der Waals surface area contributed by atoms with Crippen LogP contribution in [0.15, 0.2) is 30.3 Å². The van der Waals surface area contributed by atoms with Crippen LogP contribution in [-0.2, 0) is 11.3 Å². The van der Waals surface area contributed by atoms with Gasteiger partial charge in [0.15, 0.2) is 0 Å². The molecule has 2 heterocycles. The molecule has 0 saturated carbocycles. The summed E-state index contributed by atoms with van der Waals surface area (Å²) < 4.78 is 7.19. The van der Waals surface area contributed by atoms with Crippen LogP contribution in [0, 0.1) is 6.92 Å². The molecule has 1 aromatic heterocycles. The molecule has 2 aromatic rings. The van der Waals surface area contributed by atoms with E-state index in [1.54, 1.807) is 4.68 Å². The Morgan fingerprint density at radius 3 is 2.83 bits per heavy atom. The number of ether oxygens (including phenoxy) is 1. The van der Waals surface area contributed by atoms with E-state index in [0.29, 0.717) is 43.4 Å². The number of nitrogen functional groups attached to an aromatic ring is 1. The molecule has 1 saturated heterocycles. The first-order chi connectivity index (χ1) is 11.6. The van der Waals surface area contributed by atoms with Crippen LogP contribution in [-0.4, -0.2) is 46.4 Å². The minimum absolute atomic E-state index is 0.0534. The van der Waals surface area contributed by atoms with E-state index in [1.807, 2.05) is 49.1 Å². The van der Waals surface area contributed by atoms with Crippen LogP contribution in [0.25, 0.3) is 0 Å². The van der Waals surface area contributed by atoms with E-state index in [4.69, 9.17) is 10.5 Å². The van der Waals surface area contributed by atoms with Gasteiger partial charge >= 0.3 is 0 Å². The van der Waals surface area contributed by atoms with Crippen molar-refractivity contribution in [3.63, 3.8) is 0 Å². The molecule has 1 amide bonds. The fourth-order valence-electron chi connectivity index (χ4n) is 3.08.